The Morgan fingerprint density at radius 3 is 2.62 bits per heavy atom. The summed E-state index contributed by atoms with van der Waals surface area (Å²) >= 11 is 0. The van der Waals surface area contributed by atoms with Gasteiger partial charge in [-0.25, -0.2) is 0 Å². The molecule has 0 saturated heterocycles. The molecule has 1 aliphatic carbocycles. The standard InChI is InChI=1S/C17H22N2O2/c1-13(14-8-9-14)19(10-11-21-2)17(20)16(12-18)15-6-4-3-5-7-15/h3-7,13-14,16H,8-11H2,1-2H3. The van der Waals surface area contributed by atoms with Crippen molar-refractivity contribution in [3.05, 3.63) is 35.9 Å². The van der Waals surface area contributed by atoms with E-state index in [4.69, 9.17) is 4.74 Å². The second kappa shape index (κ2) is 7.24. The van der Waals surface area contributed by atoms with E-state index < -0.39 is 5.92 Å². The third kappa shape index (κ3) is 3.83. The van der Waals surface area contributed by atoms with Crippen molar-refractivity contribution in [1.82, 2.24) is 4.90 Å². The Bertz CT molecular complexity index is 505. The summed E-state index contributed by atoms with van der Waals surface area (Å²) in [5, 5.41) is 9.43. The molecule has 112 valence electrons. The molecule has 0 N–H and O–H groups in total. The van der Waals surface area contributed by atoms with Crippen LogP contribution >= 0.6 is 0 Å². The van der Waals surface area contributed by atoms with Crippen molar-refractivity contribution in [2.24, 2.45) is 5.92 Å². The van der Waals surface area contributed by atoms with Gasteiger partial charge < -0.3 is 9.64 Å². The maximum absolute atomic E-state index is 12.8. The summed E-state index contributed by atoms with van der Waals surface area (Å²) in [7, 11) is 1.63. The first-order chi connectivity index (χ1) is 10.2. The van der Waals surface area contributed by atoms with Gasteiger partial charge in [-0.05, 0) is 31.2 Å². The van der Waals surface area contributed by atoms with Crippen molar-refractivity contribution in [1.29, 1.82) is 5.26 Å². The highest BCUT2D eigenvalue weighted by Crippen LogP contribution is 2.36. The number of rotatable bonds is 7. The minimum Gasteiger partial charge on any atom is -0.383 e. The summed E-state index contributed by atoms with van der Waals surface area (Å²) in [6.07, 6.45) is 2.33. The van der Waals surface area contributed by atoms with E-state index in [0.717, 1.165) is 5.56 Å². The lowest BCUT2D eigenvalue weighted by atomic mass is 9.98. The van der Waals surface area contributed by atoms with Crippen LogP contribution in [0.25, 0.3) is 0 Å². The van der Waals surface area contributed by atoms with Gasteiger partial charge in [0.1, 0.15) is 5.92 Å². The minimum absolute atomic E-state index is 0.111. The van der Waals surface area contributed by atoms with Gasteiger partial charge in [-0.1, -0.05) is 30.3 Å². The molecule has 21 heavy (non-hydrogen) atoms. The molecule has 2 unspecified atom stereocenters. The molecule has 1 amide bonds. The number of hydrogen-bond acceptors (Lipinski definition) is 3. The summed E-state index contributed by atoms with van der Waals surface area (Å²) < 4.78 is 5.12. The monoisotopic (exact) mass is 286 g/mol. The van der Waals surface area contributed by atoms with Gasteiger partial charge >= 0.3 is 0 Å². The van der Waals surface area contributed by atoms with Gasteiger partial charge in [-0.15, -0.1) is 0 Å². The zero-order valence-electron chi connectivity index (χ0n) is 12.7. The SMILES string of the molecule is COCCN(C(=O)C(C#N)c1ccccc1)C(C)C1CC1. The van der Waals surface area contributed by atoms with Crippen LogP contribution in [0.3, 0.4) is 0 Å². The minimum atomic E-state index is -0.732. The van der Waals surface area contributed by atoms with Crippen LogP contribution in [0.1, 0.15) is 31.2 Å². The van der Waals surface area contributed by atoms with Crippen LogP contribution < -0.4 is 0 Å². The number of carbonyl (C=O) groups excluding carboxylic acids is 1. The van der Waals surface area contributed by atoms with Crippen LogP contribution in [0.15, 0.2) is 30.3 Å². The van der Waals surface area contributed by atoms with Crippen LogP contribution in [-0.2, 0) is 9.53 Å². The van der Waals surface area contributed by atoms with E-state index in [-0.39, 0.29) is 11.9 Å². The van der Waals surface area contributed by atoms with Crippen molar-refractivity contribution in [3.8, 4) is 6.07 Å². The van der Waals surface area contributed by atoms with Gasteiger partial charge in [0.25, 0.3) is 0 Å². The third-order valence-electron chi connectivity index (χ3n) is 4.12. The number of nitrogens with zero attached hydrogens (tertiary/aromatic N) is 2. The predicted octanol–water partition coefficient (Wildman–Crippen LogP) is 2.57. The van der Waals surface area contributed by atoms with Crippen LogP contribution in [0.5, 0.6) is 0 Å². The molecule has 1 saturated carbocycles. The molecule has 0 aliphatic heterocycles. The Morgan fingerprint density at radius 2 is 2.10 bits per heavy atom. The second-order valence-electron chi connectivity index (χ2n) is 5.58. The lowest BCUT2D eigenvalue weighted by molar-refractivity contribution is -0.134. The number of amides is 1. The van der Waals surface area contributed by atoms with E-state index in [0.29, 0.717) is 19.1 Å². The van der Waals surface area contributed by atoms with Gasteiger partial charge in [0.2, 0.25) is 5.91 Å². The van der Waals surface area contributed by atoms with Crippen molar-refractivity contribution < 1.29 is 9.53 Å². The molecule has 0 heterocycles. The summed E-state index contributed by atoms with van der Waals surface area (Å²) in [4.78, 5) is 14.6. The molecule has 0 radical (unpaired) electrons. The first kappa shape index (κ1) is 15.5. The van der Waals surface area contributed by atoms with Gasteiger partial charge in [0.15, 0.2) is 0 Å². The van der Waals surface area contributed by atoms with Crippen LogP contribution in [0, 0.1) is 17.2 Å². The summed E-state index contributed by atoms with van der Waals surface area (Å²) in [6, 6.07) is 11.6. The van der Waals surface area contributed by atoms with Crippen LogP contribution in [0.2, 0.25) is 0 Å². The molecule has 0 aromatic heterocycles. The molecule has 4 heteroatoms. The normalized spacial score (nSPS) is 16.8. The molecule has 2 atom stereocenters. The molecule has 0 bridgehead atoms. The number of carbonyl (C=O) groups is 1. The maximum atomic E-state index is 12.8. The maximum Gasteiger partial charge on any atom is 0.244 e. The number of benzene rings is 1. The highest BCUT2D eigenvalue weighted by atomic mass is 16.5. The third-order valence-corrected chi connectivity index (χ3v) is 4.12. The number of ether oxygens (including phenoxy) is 1. The van der Waals surface area contributed by atoms with Crippen molar-refractivity contribution >= 4 is 5.91 Å². The average molecular weight is 286 g/mol. The lowest BCUT2D eigenvalue weighted by Crippen LogP contribution is -2.44. The zero-order valence-corrected chi connectivity index (χ0v) is 12.7. The largest absolute Gasteiger partial charge is 0.383 e. The molecule has 1 aromatic rings. The molecular formula is C17H22N2O2. The molecular weight excluding hydrogens is 264 g/mol. The van der Waals surface area contributed by atoms with Gasteiger partial charge in [-0.2, -0.15) is 5.26 Å². The number of methoxy groups -OCH3 is 1. The van der Waals surface area contributed by atoms with Crippen LogP contribution in [-0.4, -0.2) is 37.1 Å². The number of nitriles is 1. The first-order valence-corrected chi connectivity index (χ1v) is 7.43. The Balaban J connectivity index is 2.17. The van der Waals surface area contributed by atoms with Crippen molar-refractivity contribution in [3.63, 3.8) is 0 Å². The Kier molecular flexibility index (Phi) is 5.35. The quantitative estimate of drug-likeness (QED) is 0.774. The van der Waals surface area contributed by atoms with E-state index >= 15 is 0 Å². The molecule has 2 rings (SSSR count). The fraction of sp³-hybridized carbons (Fsp3) is 0.529. The molecule has 1 aromatic carbocycles. The van der Waals surface area contributed by atoms with Gasteiger partial charge in [0, 0.05) is 19.7 Å². The highest BCUT2D eigenvalue weighted by molar-refractivity contribution is 5.86. The fourth-order valence-corrected chi connectivity index (χ4v) is 2.62. The fourth-order valence-electron chi connectivity index (χ4n) is 2.62. The van der Waals surface area contributed by atoms with E-state index in [2.05, 4.69) is 13.0 Å². The topological polar surface area (TPSA) is 53.3 Å². The first-order valence-electron chi connectivity index (χ1n) is 7.43. The Hall–Kier alpha value is -1.86. The van der Waals surface area contributed by atoms with E-state index in [1.807, 2.05) is 35.2 Å². The zero-order chi connectivity index (χ0) is 15.2. The molecule has 1 fully saturated rings. The molecule has 0 spiro atoms. The molecule has 1 aliphatic rings. The van der Waals surface area contributed by atoms with E-state index in [1.54, 1.807) is 7.11 Å². The van der Waals surface area contributed by atoms with E-state index in [1.165, 1.54) is 12.8 Å². The van der Waals surface area contributed by atoms with Gasteiger partial charge in [-0.3, -0.25) is 4.79 Å². The summed E-state index contributed by atoms with van der Waals surface area (Å²) in [5.41, 5.74) is 0.760. The van der Waals surface area contributed by atoms with Crippen LogP contribution in [0.4, 0.5) is 0 Å². The number of hydrogen-bond donors (Lipinski definition) is 0. The highest BCUT2D eigenvalue weighted by Gasteiger charge is 2.36. The Morgan fingerprint density at radius 1 is 1.43 bits per heavy atom. The van der Waals surface area contributed by atoms with E-state index in [9.17, 15) is 10.1 Å². The van der Waals surface area contributed by atoms with Crippen molar-refractivity contribution in [2.45, 2.75) is 31.7 Å². The second-order valence-corrected chi connectivity index (χ2v) is 5.58. The smallest absolute Gasteiger partial charge is 0.244 e. The Labute approximate surface area is 126 Å². The summed E-state index contributed by atoms with van der Waals surface area (Å²) in [6.45, 7) is 3.11. The summed E-state index contributed by atoms with van der Waals surface area (Å²) in [5.74, 6) is -0.273. The molecule has 4 nitrogen and oxygen atoms in total. The van der Waals surface area contributed by atoms with Crippen molar-refractivity contribution in [2.75, 3.05) is 20.3 Å². The average Bonchev–Trinajstić information content (AvgIpc) is 3.34. The van der Waals surface area contributed by atoms with Gasteiger partial charge in [0.05, 0.1) is 12.7 Å². The predicted molar refractivity (Wildman–Crippen MR) is 80.6 cm³/mol. The lowest BCUT2D eigenvalue weighted by Gasteiger charge is -2.31.